The zero-order chi connectivity index (χ0) is 23.6. The Morgan fingerprint density at radius 2 is 1.76 bits per heavy atom. The molecule has 9 nitrogen and oxygen atoms in total. The lowest BCUT2D eigenvalue weighted by Gasteiger charge is -2.19. The van der Waals surface area contributed by atoms with E-state index in [2.05, 4.69) is 20.9 Å². The van der Waals surface area contributed by atoms with Crippen LogP contribution in [0.15, 0.2) is 42.5 Å². The third-order valence-corrected chi connectivity index (χ3v) is 4.76. The van der Waals surface area contributed by atoms with Crippen LogP contribution < -0.4 is 20.1 Å². The zero-order valence-corrected chi connectivity index (χ0v) is 17.3. The van der Waals surface area contributed by atoms with Crippen molar-refractivity contribution in [1.29, 1.82) is 0 Å². The van der Waals surface area contributed by atoms with Gasteiger partial charge in [-0.05, 0) is 37.3 Å². The van der Waals surface area contributed by atoms with Crippen molar-refractivity contribution in [3.8, 4) is 11.5 Å². The minimum atomic E-state index is -4.54. The number of alkyl halides is 3. The summed E-state index contributed by atoms with van der Waals surface area (Å²) in [7, 11) is 0. The summed E-state index contributed by atoms with van der Waals surface area (Å²) in [5.74, 6) is -0.0674. The molecule has 0 unspecified atom stereocenters. The van der Waals surface area contributed by atoms with Crippen LogP contribution in [-0.4, -0.2) is 40.0 Å². The van der Waals surface area contributed by atoms with Crippen LogP contribution in [0.25, 0.3) is 0 Å². The number of aromatic nitrogens is 3. The van der Waals surface area contributed by atoms with Crippen molar-refractivity contribution >= 4 is 23.2 Å². The number of hydrogen-bond donors (Lipinski definition) is 2. The Bertz CT molecular complexity index is 1210. The first-order chi connectivity index (χ1) is 15.7. The summed E-state index contributed by atoms with van der Waals surface area (Å²) in [5.41, 5.74) is -0.280. The Labute approximate surface area is 185 Å². The lowest BCUT2D eigenvalue weighted by Crippen LogP contribution is -2.21. The predicted molar refractivity (Wildman–Crippen MR) is 110 cm³/mol. The third kappa shape index (κ3) is 5.05. The molecule has 2 amide bonds. The fourth-order valence-corrected chi connectivity index (χ4v) is 3.14. The van der Waals surface area contributed by atoms with E-state index in [0.29, 0.717) is 30.4 Å². The van der Waals surface area contributed by atoms with Crippen LogP contribution in [0.4, 0.5) is 24.5 Å². The number of anilines is 2. The molecule has 0 radical (unpaired) electrons. The molecule has 0 fully saturated rings. The Morgan fingerprint density at radius 3 is 2.52 bits per heavy atom. The Balaban J connectivity index is 1.41. The van der Waals surface area contributed by atoms with Gasteiger partial charge in [0.05, 0.1) is 11.3 Å². The van der Waals surface area contributed by atoms with Gasteiger partial charge in [-0.3, -0.25) is 9.59 Å². The number of amides is 2. The summed E-state index contributed by atoms with van der Waals surface area (Å²) in [6.45, 7) is 2.16. The molecule has 0 saturated heterocycles. The third-order valence-electron chi connectivity index (χ3n) is 4.76. The summed E-state index contributed by atoms with van der Waals surface area (Å²) < 4.78 is 50.7. The van der Waals surface area contributed by atoms with E-state index in [1.54, 1.807) is 18.2 Å². The predicted octanol–water partition coefficient (Wildman–Crippen LogP) is 3.27. The topological polar surface area (TPSA) is 107 Å². The molecule has 2 aromatic carbocycles. The average molecular weight is 461 g/mol. The fraction of sp³-hybridized carbons (Fsp3) is 0.238. The highest BCUT2D eigenvalue weighted by Gasteiger charge is 2.30. The largest absolute Gasteiger partial charge is 0.486 e. The van der Waals surface area contributed by atoms with Crippen molar-refractivity contribution < 1.29 is 32.2 Å². The molecule has 33 heavy (non-hydrogen) atoms. The molecule has 172 valence electrons. The van der Waals surface area contributed by atoms with Crippen LogP contribution in [0.5, 0.6) is 11.5 Å². The molecule has 1 aromatic heterocycles. The maximum Gasteiger partial charge on any atom is 0.416 e. The second-order valence-electron chi connectivity index (χ2n) is 7.12. The van der Waals surface area contributed by atoms with Crippen molar-refractivity contribution in [2.24, 2.45) is 0 Å². The number of carbonyl (C=O) groups excluding carboxylic acids is 2. The maximum atomic E-state index is 12.9. The summed E-state index contributed by atoms with van der Waals surface area (Å²) in [4.78, 5) is 24.9. The van der Waals surface area contributed by atoms with Crippen LogP contribution in [0, 0.1) is 6.92 Å². The van der Waals surface area contributed by atoms with Crippen LogP contribution in [0.1, 0.15) is 21.7 Å². The molecule has 1 aliphatic rings. The van der Waals surface area contributed by atoms with E-state index in [1.165, 1.54) is 23.7 Å². The van der Waals surface area contributed by atoms with Gasteiger partial charge in [0.25, 0.3) is 5.91 Å². The molecule has 4 rings (SSSR count). The molecular weight excluding hydrogens is 443 g/mol. The smallest absolute Gasteiger partial charge is 0.416 e. The summed E-state index contributed by atoms with van der Waals surface area (Å²) >= 11 is 0. The number of nitrogens with zero attached hydrogens (tertiary/aromatic N) is 3. The number of nitrogens with one attached hydrogen (secondary N) is 2. The standard InChI is InChI=1S/C21H18F3N5O4/c1-12-19(20(31)26-14-4-2-3-13(9-14)21(22,23)24)27-28-29(12)11-18(30)25-15-5-6-16-17(10-15)33-8-7-32-16/h2-6,9-10H,7-8,11H2,1H3,(H,25,30)(H,26,31). The molecule has 0 bridgehead atoms. The van der Waals surface area contributed by atoms with Gasteiger partial charge in [-0.15, -0.1) is 5.10 Å². The summed E-state index contributed by atoms with van der Waals surface area (Å²) in [5, 5.41) is 12.6. The highest BCUT2D eigenvalue weighted by atomic mass is 19.4. The molecular formula is C21H18F3N5O4. The first-order valence-electron chi connectivity index (χ1n) is 9.79. The van der Waals surface area contributed by atoms with E-state index >= 15 is 0 Å². The molecule has 2 heterocycles. The molecule has 12 heteroatoms. The van der Waals surface area contributed by atoms with Crippen molar-refractivity contribution in [1.82, 2.24) is 15.0 Å². The van der Waals surface area contributed by atoms with Crippen LogP contribution >= 0.6 is 0 Å². The van der Waals surface area contributed by atoms with Crippen molar-refractivity contribution in [2.45, 2.75) is 19.6 Å². The van der Waals surface area contributed by atoms with Crippen molar-refractivity contribution in [3.05, 3.63) is 59.4 Å². The van der Waals surface area contributed by atoms with Gasteiger partial charge in [0.15, 0.2) is 17.2 Å². The van der Waals surface area contributed by atoms with Gasteiger partial charge in [-0.2, -0.15) is 13.2 Å². The number of hydrogen-bond acceptors (Lipinski definition) is 6. The van der Waals surface area contributed by atoms with Crippen LogP contribution in [0.2, 0.25) is 0 Å². The molecule has 0 atom stereocenters. The number of fused-ring (bicyclic) bond motifs is 1. The minimum Gasteiger partial charge on any atom is -0.486 e. The van der Waals surface area contributed by atoms with Crippen molar-refractivity contribution in [2.75, 3.05) is 23.8 Å². The number of benzene rings is 2. The Morgan fingerprint density at radius 1 is 1.03 bits per heavy atom. The van der Waals surface area contributed by atoms with Gasteiger partial charge < -0.3 is 20.1 Å². The van der Waals surface area contributed by atoms with E-state index in [9.17, 15) is 22.8 Å². The zero-order valence-electron chi connectivity index (χ0n) is 17.3. The first kappa shape index (κ1) is 22.1. The minimum absolute atomic E-state index is 0.0415. The van der Waals surface area contributed by atoms with E-state index in [1.807, 2.05) is 0 Å². The molecule has 0 aliphatic carbocycles. The summed E-state index contributed by atoms with van der Waals surface area (Å²) in [6, 6.07) is 9.21. The van der Waals surface area contributed by atoms with Gasteiger partial charge in [-0.25, -0.2) is 4.68 Å². The normalized spacial score (nSPS) is 12.8. The van der Waals surface area contributed by atoms with Gasteiger partial charge in [0.2, 0.25) is 5.91 Å². The molecule has 0 saturated carbocycles. The lowest BCUT2D eigenvalue weighted by atomic mass is 10.2. The van der Waals surface area contributed by atoms with E-state index in [4.69, 9.17) is 9.47 Å². The number of carbonyl (C=O) groups is 2. The van der Waals surface area contributed by atoms with Crippen LogP contribution in [-0.2, 0) is 17.5 Å². The van der Waals surface area contributed by atoms with Crippen molar-refractivity contribution in [3.63, 3.8) is 0 Å². The summed E-state index contributed by atoms with van der Waals surface area (Å²) in [6.07, 6.45) is -4.54. The fourth-order valence-electron chi connectivity index (χ4n) is 3.14. The lowest BCUT2D eigenvalue weighted by molar-refractivity contribution is -0.137. The monoisotopic (exact) mass is 461 g/mol. The van der Waals surface area contributed by atoms with E-state index in [0.717, 1.165) is 12.1 Å². The maximum absolute atomic E-state index is 12.9. The van der Waals surface area contributed by atoms with Crippen LogP contribution in [0.3, 0.4) is 0 Å². The number of halogens is 3. The second kappa shape index (κ2) is 8.81. The molecule has 0 spiro atoms. The Kier molecular flexibility index (Phi) is 5.90. The quantitative estimate of drug-likeness (QED) is 0.604. The Hall–Kier alpha value is -4.09. The van der Waals surface area contributed by atoms with Gasteiger partial charge >= 0.3 is 6.18 Å². The second-order valence-corrected chi connectivity index (χ2v) is 7.12. The number of ether oxygens (including phenoxy) is 2. The highest BCUT2D eigenvalue weighted by Crippen LogP contribution is 2.33. The van der Waals surface area contributed by atoms with E-state index < -0.39 is 23.6 Å². The van der Waals surface area contributed by atoms with E-state index in [-0.39, 0.29) is 23.6 Å². The highest BCUT2D eigenvalue weighted by molar-refractivity contribution is 6.03. The average Bonchev–Trinajstić information content (AvgIpc) is 3.13. The molecule has 3 aromatic rings. The van der Waals surface area contributed by atoms with Gasteiger partial charge in [0.1, 0.15) is 19.8 Å². The first-order valence-corrected chi connectivity index (χ1v) is 9.79. The SMILES string of the molecule is Cc1c(C(=O)Nc2cccc(C(F)(F)F)c2)nnn1CC(=O)Nc1ccc2c(c1)OCCO2. The molecule has 1 aliphatic heterocycles. The number of rotatable bonds is 5. The van der Waals surface area contributed by atoms with Gasteiger partial charge in [0, 0.05) is 17.4 Å². The molecule has 2 N–H and O–H groups in total. The van der Waals surface area contributed by atoms with Gasteiger partial charge in [-0.1, -0.05) is 11.3 Å².